The largest absolute Gasteiger partial charge is 0.491 e. The zero-order valence-corrected chi connectivity index (χ0v) is 9.99. The zero-order valence-electron chi connectivity index (χ0n) is 9.99. The highest BCUT2D eigenvalue weighted by Crippen LogP contribution is 2.19. The maximum absolute atomic E-state index is 5.73. The maximum Gasteiger partial charge on any atom is 0.121 e. The first kappa shape index (κ1) is 12.4. The van der Waals surface area contributed by atoms with Crippen LogP contribution in [0.1, 0.15) is 26.7 Å². The monoisotopic (exact) mass is 217 g/mol. The van der Waals surface area contributed by atoms with E-state index in [1.54, 1.807) is 0 Å². The Morgan fingerprint density at radius 3 is 3.00 bits per heavy atom. The Bertz CT molecular complexity index is 354. The van der Waals surface area contributed by atoms with Crippen molar-refractivity contribution in [2.45, 2.75) is 32.8 Å². The number of nitrogens with one attached hydrogen (secondary N) is 1. The average Bonchev–Trinajstić information content (AvgIpc) is 2.30. The molecule has 0 saturated carbocycles. The van der Waals surface area contributed by atoms with Crippen LogP contribution in [0.5, 0.6) is 5.75 Å². The van der Waals surface area contributed by atoms with Crippen molar-refractivity contribution in [3.8, 4) is 18.1 Å². The number of rotatable bonds is 6. The van der Waals surface area contributed by atoms with Gasteiger partial charge in [-0.1, -0.05) is 13.0 Å². The molecule has 0 amide bonds. The Hall–Kier alpha value is -1.62. The van der Waals surface area contributed by atoms with Crippen LogP contribution in [0.4, 0.5) is 5.69 Å². The minimum Gasteiger partial charge on any atom is -0.491 e. The molecule has 0 bridgehead atoms. The van der Waals surface area contributed by atoms with E-state index in [4.69, 9.17) is 11.2 Å². The summed E-state index contributed by atoms with van der Waals surface area (Å²) in [5.74, 6) is 3.50. The third-order valence-corrected chi connectivity index (χ3v) is 2.34. The van der Waals surface area contributed by atoms with Crippen molar-refractivity contribution in [2.75, 3.05) is 11.9 Å². The quantitative estimate of drug-likeness (QED) is 0.583. The van der Waals surface area contributed by atoms with Crippen LogP contribution in [0.2, 0.25) is 0 Å². The summed E-state index contributed by atoms with van der Waals surface area (Å²) in [4.78, 5) is 0. The van der Waals surface area contributed by atoms with Gasteiger partial charge < -0.3 is 10.1 Å². The van der Waals surface area contributed by atoms with Crippen LogP contribution in [0.15, 0.2) is 24.3 Å². The first-order valence-electron chi connectivity index (χ1n) is 5.70. The van der Waals surface area contributed by atoms with Gasteiger partial charge in [-0.05, 0) is 25.5 Å². The van der Waals surface area contributed by atoms with Crippen LogP contribution in [0.25, 0.3) is 0 Å². The Morgan fingerprint density at radius 2 is 2.31 bits per heavy atom. The summed E-state index contributed by atoms with van der Waals surface area (Å²) in [5, 5.41) is 3.25. The predicted molar refractivity (Wildman–Crippen MR) is 68.8 cm³/mol. The van der Waals surface area contributed by atoms with Crippen LogP contribution in [0, 0.1) is 12.3 Å². The SMILES string of the molecule is C#CCCNc1cccc(OC(C)CC)c1. The molecule has 2 nitrogen and oxygen atoms in total. The van der Waals surface area contributed by atoms with Gasteiger partial charge in [0.1, 0.15) is 5.75 Å². The van der Waals surface area contributed by atoms with E-state index in [0.29, 0.717) is 0 Å². The third-order valence-electron chi connectivity index (χ3n) is 2.34. The van der Waals surface area contributed by atoms with Gasteiger partial charge in [-0.2, -0.15) is 0 Å². The van der Waals surface area contributed by atoms with Gasteiger partial charge in [-0.25, -0.2) is 0 Å². The molecule has 1 aromatic rings. The number of benzene rings is 1. The summed E-state index contributed by atoms with van der Waals surface area (Å²) in [6, 6.07) is 7.97. The number of hydrogen-bond donors (Lipinski definition) is 1. The zero-order chi connectivity index (χ0) is 11.8. The highest BCUT2D eigenvalue weighted by atomic mass is 16.5. The summed E-state index contributed by atoms with van der Waals surface area (Å²) in [6.45, 7) is 4.97. The third kappa shape index (κ3) is 4.27. The van der Waals surface area contributed by atoms with Gasteiger partial charge in [0.2, 0.25) is 0 Å². The molecule has 0 spiro atoms. The van der Waals surface area contributed by atoms with E-state index in [2.05, 4.69) is 25.1 Å². The number of terminal acetylenes is 1. The van der Waals surface area contributed by atoms with Crippen molar-refractivity contribution in [1.82, 2.24) is 0 Å². The van der Waals surface area contributed by atoms with E-state index < -0.39 is 0 Å². The molecule has 1 aromatic carbocycles. The molecule has 0 heterocycles. The molecule has 0 radical (unpaired) electrons. The van der Waals surface area contributed by atoms with Crippen LogP contribution in [-0.2, 0) is 0 Å². The molecular formula is C14H19NO. The molecule has 1 N–H and O–H groups in total. The maximum atomic E-state index is 5.73. The van der Waals surface area contributed by atoms with Gasteiger partial charge >= 0.3 is 0 Å². The smallest absolute Gasteiger partial charge is 0.121 e. The Morgan fingerprint density at radius 1 is 1.50 bits per heavy atom. The topological polar surface area (TPSA) is 21.3 Å². The lowest BCUT2D eigenvalue weighted by Gasteiger charge is -2.13. The molecule has 0 aliphatic rings. The molecule has 1 rings (SSSR count). The Balaban J connectivity index is 2.54. The fraction of sp³-hybridized carbons (Fsp3) is 0.429. The van der Waals surface area contributed by atoms with Crippen LogP contribution in [-0.4, -0.2) is 12.6 Å². The van der Waals surface area contributed by atoms with Gasteiger partial charge in [0.25, 0.3) is 0 Å². The highest BCUT2D eigenvalue weighted by Gasteiger charge is 2.01. The van der Waals surface area contributed by atoms with Crippen molar-refractivity contribution in [3.63, 3.8) is 0 Å². The minimum absolute atomic E-state index is 0.251. The molecule has 1 unspecified atom stereocenters. The second-order valence-corrected chi connectivity index (χ2v) is 3.75. The molecule has 0 fully saturated rings. The molecule has 2 heteroatoms. The summed E-state index contributed by atoms with van der Waals surface area (Å²) in [5.41, 5.74) is 1.05. The van der Waals surface area contributed by atoms with Crippen LogP contribution < -0.4 is 10.1 Å². The van der Waals surface area contributed by atoms with Crippen molar-refractivity contribution < 1.29 is 4.74 Å². The number of anilines is 1. The molecule has 0 aliphatic heterocycles. The van der Waals surface area contributed by atoms with Crippen LogP contribution in [0.3, 0.4) is 0 Å². The van der Waals surface area contributed by atoms with E-state index in [0.717, 1.165) is 30.8 Å². The van der Waals surface area contributed by atoms with Gasteiger partial charge in [-0.15, -0.1) is 12.3 Å². The Kier molecular flexibility index (Phi) is 5.28. The van der Waals surface area contributed by atoms with Gasteiger partial charge in [-0.3, -0.25) is 0 Å². The molecule has 16 heavy (non-hydrogen) atoms. The first-order valence-corrected chi connectivity index (χ1v) is 5.70. The predicted octanol–water partition coefficient (Wildman–Crippen LogP) is 3.30. The van der Waals surface area contributed by atoms with Crippen LogP contribution >= 0.6 is 0 Å². The Labute approximate surface area is 98.0 Å². The van der Waals surface area contributed by atoms with E-state index in [9.17, 15) is 0 Å². The van der Waals surface area contributed by atoms with Crippen molar-refractivity contribution >= 4 is 5.69 Å². The standard InChI is InChI=1S/C14H19NO/c1-4-6-10-15-13-8-7-9-14(11-13)16-12(3)5-2/h1,7-9,11-12,15H,5-6,10H2,2-3H3. The summed E-state index contributed by atoms with van der Waals surface area (Å²) in [6.07, 6.45) is 7.18. The van der Waals surface area contributed by atoms with Crippen molar-refractivity contribution in [3.05, 3.63) is 24.3 Å². The molecule has 0 saturated heterocycles. The summed E-state index contributed by atoms with van der Waals surface area (Å²) in [7, 11) is 0. The second kappa shape index (κ2) is 6.79. The minimum atomic E-state index is 0.251. The molecule has 1 atom stereocenters. The van der Waals surface area contributed by atoms with E-state index in [1.807, 2.05) is 24.3 Å². The fourth-order valence-corrected chi connectivity index (χ4v) is 1.27. The highest BCUT2D eigenvalue weighted by molar-refractivity contribution is 5.48. The van der Waals surface area contributed by atoms with Crippen molar-refractivity contribution in [1.29, 1.82) is 0 Å². The molecule has 0 aliphatic carbocycles. The lowest BCUT2D eigenvalue weighted by molar-refractivity contribution is 0.217. The van der Waals surface area contributed by atoms with Gasteiger partial charge in [0.05, 0.1) is 6.10 Å². The normalized spacial score (nSPS) is 11.6. The first-order chi connectivity index (χ1) is 7.76. The molecule has 86 valence electrons. The average molecular weight is 217 g/mol. The van der Waals surface area contributed by atoms with Gasteiger partial charge in [0, 0.05) is 24.7 Å². The molecule has 0 aromatic heterocycles. The fourth-order valence-electron chi connectivity index (χ4n) is 1.27. The van der Waals surface area contributed by atoms with Gasteiger partial charge in [0.15, 0.2) is 0 Å². The molecular weight excluding hydrogens is 198 g/mol. The van der Waals surface area contributed by atoms with E-state index in [-0.39, 0.29) is 6.10 Å². The van der Waals surface area contributed by atoms with E-state index in [1.165, 1.54) is 0 Å². The lowest BCUT2D eigenvalue weighted by atomic mass is 10.2. The summed E-state index contributed by atoms with van der Waals surface area (Å²) >= 11 is 0. The summed E-state index contributed by atoms with van der Waals surface area (Å²) < 4.78 is 5.73. The number of hydrogen-bond acceptors (Lipinski definition) is 2. The lowest BCUT2D eigenvalue weighted by Crippen LogP contribution is -2.10. The van der Waals surface area contributed by atoms with E-state index >= 15 is 0 Å². The van der Waals surface area contributed by atoms with Crippen molar-refractivity contribution in [2.24, 2.45) is 0 Å². The second-order valence-electron chi connectivity index (χ2n) is 3.75. The number of ether oxygens (including phenoxy) is 1.